The number of benzene rings is 1. The third-order valence-corrected chi connectivity index (χ3v) is 4.64. The summed E-state index contributed by atoms with van der Waals surface area (Å²) in [5, 5.41) is 4.51. The topological polar surface area (TPSA) is 21.3 Å². The van der Waals surface area contributed by atoms with E-state index in [9.17, 15) is 0 Å². The molecule has 0 saturated heterocycles. The van der Waals surface area contributed by atoms with Crippen LogP contribution >= 0.6 is 11.6 Å². The van der Waals surface area contributed by atoms with Gasteiger partial charge < -0.3 is 10.1 Å². The van der Waals surface area contributed by atoms with Crippen molar-refractivity contribution in [3.63, 3.8) is 0 Å². The second-order valence-corrected chi connectivity index (χ2v) is 6.43. The number of ether oxygens (including phenoxy) is 1. The average Bonchev–Trinajstić information content (AvgIpc) is 2.85. The fourth-order valence-electron chi connectivity index (χ4n) is 3.20. The second-order valence-electron chi connectivity index (χ2n) is 5.99. The zero-order valence-electron chi connectivity index (χ0n) is 11.5. The molecule has 0 aromatic heterocycles. The Bertz CT molecular complexity index is 452. The van der Waals surface area contributed by atoms with Crippen molar-refractivity contribution in [2.75, 3.05) is 6.61 Å². The summed E-state index contributed by atoms with van der Waals surface area (Å²) in [6.45, 7) is 4.03. The maximum Gasteiger partial charge on any atom is 0.127 e. The van der Waals surface area contributed by atoms with Crippen LogP contribution in [0.5, 0.6) is 5.75 Å². The highest BCUT2D eigenvalue weighted by molar-refractivity contribution is 6.30. The number of halogens is 1. The molecule has 1 aliphatic heterocycles. The van der Waals surface area contributed by atoms with Crippen LogP contribution in [0.2, 0.25) is 5.02 Å². The predicted molar refractivity (Wildman–Crippen MR) is 78.9 cm³/mol. The van der Waals surface area contributed by atoms with Gasteiger partial charge in [0, 0.05) is 29.6 Å². The molecule has 0 spiro atoms. The highest BCUT2D eigenvalue weighted by Gasteiger charge is 2.20. The van der Waals surface area contributed by atoms with E-state index in [1.807, 2.05) is 12.1 Å². The normalized spacial score (nSPS) is 26.0. The third kappa shape index (κ3) is 3.06. The number of rotatable bonds is 3. The molecule has 1 saturated carbocycles. The van der Waals surface area contributed by atoms with Crippen molar-refractivity contribution in [1.82, 2.24) is 5.32 Å². The SMILES string of the molecule is CC1CCC(NCc2cc(Cl)cc3c2OCC3)CC1. The lowest BCUT2D eigenvalue weighted by Crippen LogP contribution is -2.32. The van der Waals surface area contributed by atoms with Crippen LogP contribution < -0.4 is 10.1 Å². The van der Waals surface area contributed by atoms with E-state index in [0.717, 1.165) is 36.3 Å². The van der Waals surface area contributed by atoms with Crippen LogP contribution in [-0.2, 0) is 13.0 Å². The van der Waals surface area contributed by atoms with Gasteiger partial charge in [0.1, 0.15) is 5.75 Å². The molecule has 1 aliphatic carbocycles. The minimum atomic E-state index is 0.659. The van der Waals surface area contributed by atoms with Crippen LogP contribution in [-0.4, -0.2) is 12.6 Å². The van der Waals surface area contributed by atoms with Gasteiger partial charge in [-0.1, -0.05) is 18.5 Å². The van der Waals surface area contributed by atoms with Crippen LogP contribution in [0.1, 0.15) is 43.7 Å². The van der Waals surface area contributed by atoms with Crippen molar-refractivity contribution in [2.45, 2.75) is 51.6 Å². The lowest BCUT2D eigenvalue weighted by molar-refractivity contribution is 0.304. The first-order valence-corrected chi connectivity index (χ1v) is 7.77. The minimum Gasteiger partial charge on any atom is -0.493 e. The molecule has 1 aromatic carbocycles. The van der Waals surface area contributed by atoms with Gasteiger partial charge in [-0.25, -0.2) is 0 Å². The van der Waals surface area contributed by atoms with Gasteiger partial charge in [0.15, 0.2) is 0 Å². The molecule has 2 nitrogen and oxygen atoms in total. The summed E-state index contributed by atoms with van der Waals surface area (Å²) in [6.07, 6.45) is 6.28. The molecule has 19 heavy (non-hydrogen) atoms. The Morgan fingerprint density at radius 3 is 2.84 bits per heavy atom. The smallest absolute Gasteiger partial charge is 0.127 e. The summed E-state index contributed by atoms with van der Waals surface area (Å²) in [6, 6.07) is 4.74. The molecule has 1 fully saturated rings. The van der Waals surface area contributed by atoms with Crippen molar-refractivity contribution in [2.24, 2.45) is 5.92 Å². The molecule has 0 atom stereocenters. The van der Waals surface area contributed by atoms with Crippen LogP contribution in [0.15, 0.2) is 12.1 Å². The summed E-state index contributed by atoms with van der Waals surface area (Å²) in [7, 11) is 0. The quantitative estimate of drug-likeness (QED) is 0.905. The Labute approximate surface area is 120 Å². The number of fused-ring (bicyclic) bond motifs is 1. The number of hydrogen-bond donors (Lipinski definition) is 1. The van der Waals surface area contributed by atoms with Gasteiger partial charge in [-0.2, -0.15) is 0 Å². The lowest BCUT2D eigenvalue weighted by atomic mass is 9.87. The summed E-state index contributed by atoms with van der Waals surface area (Å²) >= 11 is 6.19. The fraction of sp³-hybridized carbons (Fsp3) is 0.625. The van der Waals surface area contributed by atoms with Crippen molar-refractivity contribution in [3.05, 3.63) is 28.3 Å². The van der Waals surface area contributed by atoms with Gasteiger partial charge in [-0.05, 0) is 49.3 Å². The van der Waals surface area contributed by atoms with E-state index < -0.39 is 0 Å². The van der Waals surface area contributed by atoms with Gasteiger partial charge in [-0.15, -0.1) is 0 Å². The first-order valence-electron chi connectivity index (χ1n) is 7.40. The third-order valence-electron chi connectivity index (χ3n) is 4.42. The Hall–Kier alpha value is -0.730. The molecule has 0 bridgehead atoms. The van der Waals surface area contributed by atoms with Gasteiger partial charge in [0.25, 0.3) is 0 Å². The molecule has 1 heterocycles. The average molecular weight is 280 g/mol. The first-order chi connectivity index (χ1) is 9.22. The molecule has 2 aliphatic rings. The van der Waals surface area contributed by atoms with E-state index >= 15 is 0 Å². The van der Waals surface area contributed by atoms with Crippen LogP contribution in [0.4, 0.5) is 0 Å². The zero-order chi connectivity index (χ0) is 13.2. The summed E-state index contributed by atoms with van der Waals surface area (Å²) in [4.78, 5) is 0. The van der Waals surface area contributed by atoms with Gasteiger partial charge in [-0.3, -0.25) is 0 Å². The molecule has 1 aromatic rings. The fourth-order valence-corrected chi connectivity index (χ4v) is 3.46. The van der Waals surface area contributed by atoms with Crippen molar-refractivity contribution < 1.29 is 4.74 Å². The molecule has 3 heteroatoms. The van der Waals surface area contributed by atoms with Crippen molar-refractivity contribution in [3.8, 4) is 5.75 Å². The molecule has 1 N–H and O–H groups in total. The Morgan fingerprint density at radius 1 is 1.26 bits per heavy atom. The summed E-state index contributed by atoms with van der Waals surface area (Å²) in [5.41, 5.74) is 2.49. The monoisotopic (exact) mass is 279 g/mol. The molecule has 3 rings (SSSR count). The van der Waals surface area contributed by atoms with Gasteiger partial charge in [0.2, 0.25) is 0 Å². The maximum atomic E-state index is 6.19. The maximum absolute atomic E-state index is 6.19. The number of nitrogens with one attached hydrogen (secondary N) is 1. The van der Waals surface area contributed by atoms with Crippen molar-refractivity contribution >= 4 is 11.6 Å². The molecule has 0 amide bonds. The van der Waals surface area contributed by atoms with E-state index in [0.29, 0.717) is 6.04 Å². The van der Waals surface area contributed by atoms with Crippen molar-refractivity contribution in [1.29, 1.82) is 0 Å². The lowest BCUT2D eigenvalue weighted by Gasteiger charge is -2.27. The Kier molecular flexibility index (Phi) is 3.99. The summed E-state index contributed by atoms with van der Waals surface area (Å²) in [5.74, 6) is 1.97. The van der Waals surface area contributed by atoms with Crippen LogP contribution in [0.3, 0.4) is 0 Å². The molecular weight excluding hydrogens is 258 g/mol. The van der Waals surface area contributed by atoms with Gasteiger partial charge in [0.05, 0.1) is 6.61 Å². The largest absolute Gasteiger partial charge is 0.493 e. The minimum absolute atomic E-state index is 0.659. The highest BCUT2D eigenvalue weighted by Crippen LogP contribution is 2.33. The summed E-state index contributed by atoms with van der Waals surface area (Å²) < 4.78 is 5.74. The predicted octanol–water partition coefficient (Wildman–Crippen LogP) is 3.94. The molecule has 0 unspecified atom stereocenters. The molecule has 104 valence electrons. The highest BCUT2D eigenvalue weighted by atomic mass is 35.5. The first kappa shape index (κ1) is 13.3. The van der Waals surface area contributed by atoms with Crippen LogP contribution in [0, 0.1) is 5.92 Å². The van der Waals surface area contributed by atoms with E-state index in [1.165, 1.54) is 36.8 Å². The van der Waals surface area contributed by atoms with E-state index in [1.54, 1.807) is 0 Å². The van der Waals surface area contributed by atoms with E-state index in [-0.39, 0.29) is 0 Å². The van der Waals surface area contributed by atoms with Crippen LogP contribution in [0.25, 0.3) is 0 Å². The van der Waals surface area contributed by atoms with Gasteiger partial charge >= 0.3 is 0 Å². The Morgan fingerprint density at radius 2 is 2.05 bits per heavy atom. The molecule has 0 radical (unpaired) electrons. The number of hydrogen-bond acceptors (Lipinski definition) is 2. The zero-order valence-corrected chi connectivity index (χ0v) is 12.3. The Balaban J connectivity index is 1.64. The molecular formula is C16H22ClNO. The van der Waals surface area contributed by atoms with E-state index in [2.05, 4.69) is 12.2 Å². The second kappa shape index (κ2) is 5.72. The standard InChI is InChI=1S/C16H22ClNO/c1-11-2-4-15(5-3-11)18-10-13-9-14(17)8-12-6-7-19-16(12)13/h8-9,11,15,18H,2-7,10H2,1H3. The van der Waals surface area contributed by atoms with E-state index in [4.69, 9.17) is 16.3 Å².